The molecule has 0 saturated carbocycles. The summed E-state index contributed by atoms with van der Waals surface area (Å²) >= 11 is 0. The average Bonchev–Trinajstić information content (AvgIpc) is 2.74. The smallest absolute Gasteiger partial charge is 0.126 e. The van der Waals surface area contributed by atoms with Gasteiger partial charge in [0.05, 0.1) is 7.11 Å². The summed E-state index contributed by atoms with van der Waals surface area (Å²) in [5.41, 5.74) is 3.55. The van der Waals surface area contributed by atoms with Crippen LogP contribution in [0.25, 0.3) is 0 Å². The number of hydrogen-bond acceptors (Lipinski definition) is 4. The van der Waals surface area contributed by atoms with E-state index in [4.69, 9.17) is 9.73 Å². The molecule has 0 bridgehead atoms. The molecule has 0 fully saturated rings. The van der Waals surface area contributed by atoms with E-state index in [0.29, 0.717) is 6.42 Å². The van der Waals surface area contributed by atoms with Crippen molar-refractivity contribution in [2.45, 2.75) is 18.6 Å². The number of nitrogens with one attached hydrogen (secondary N) is 1. The molecule has 0 unspecified atom stereocenters. The highest BCUT2D eigenvalue weighted by atomic mass is 19.1. The van der Waals surface area contributed by atoms with Gasteiger partial charge in [0.25, 0.3) is 0 Å². The van der Waals surface area contributed by atoms with Gasteiger partial charge in [-0.25, -0.2) is 4.39 Å². The minimum atomic E-state index is -0.288. The van der Waals surface area contributed by atoms with Crippen molar-refractivity contribution in [3.8, 4) is 11.5 Å². The molecule has 0 radical (unpaired) electrons. The van der Waals surface area contributed by atoms with Crippen molar-refractivity contribution in [3.63, 3.8) is 0 Å². The molecule has 3 aromatic rings. The minimum absolute atomic E-state index is 0.120. The molecule has 0 amide bonds. The lowest BCUT2D eigenvalue weighted by atomic mass is 9.93. The maximum absolute atomic E-state index is 13.4. The van der Waals surface area contributed by atoms with E-state index >= 15 is 0 Å². The molecular formula is C23H21FN2O2. The van der Waals surface area contributed by atoms with Gasteiger partial charge >= 0.3 is 0 Å². The Morgan fingerprint density at radius 1 is 1.00 bits per heavy atom. The fraction of sp³-hybridized carbons (Fsp3) is 0.174. The highest BCUT2D eigenvalue weighted by Crippen LogP contribution is 2.34. The number of ether oxygens (including phenoxy) is 1. The first kappa shape index (κ1) is 18.2. The third-order valence-corrected chi connectivity index (χ3v) is 4.96. The summed E-state index contributed by atoms with van der Waals surface area (Å²) in [6.07, 6.45) is 0.305. The number of para-hydroxylation sites is 1. The summed E-state index contributed by atoms with van der Waals surface area (Å²) in [5.74, 6) is 0.746. The first-order chi connectivity index (χ1) is 13.6. The Labute approximate surface area is 163 Å². The number of aliphatic imine (C=N–C) groups is 1. The third-order valence-electron chi connectivity index (χ3n) is 4.96. The van der Waals surface area contributed by atoms with Crippen LogP contribution in [-0.4, -0.2) is 17.9 Å². The summed E-state index contributed by atoms with van der Waals surface area (Å²) in [6.45, 7) is 0. The van der Waals surface area contributed by atoms with Crippen LogP contribution in [0.1, 0.15) is 35.3 Å². The van der Waals surface area contributed by atoms with Gasteiger partial charge in [0.2, 0.25) is 0 Å². The topological polar surface area (TPSA) is 53.9 Å². The fourth-order valence-electron chi connectivity index (χ4n) is 3.46. The predicted octanol–water partition coefficient (Wildman–Crippen LogP) is 4.76. The van der Waals surface area contributed by atoms with E-state index in [9.17, 15) is 9.50 Å². The number of methoxy groups -OCH3 is 1. The first-order valence-corrected chi connectivity index (χ1v) is 9.14. The maximum Gasteiger partial charge on any atom is 0.126 e. The lowest BCUT2D eigenvalue weighted by Crippen LogP contribution is -2.33. The SMILES string of the molecule is COc1ccc([C@@H]2N=C(c3ccc(F)cc3)C[C@H](c3ccccc3O)N2)cc1. The second-order valence-corrected chi connectivity index (χ2v) is 6.74. The predicted molar refractivity (Wildman–Crippen MR) is 107 cm³/mol. The van der Waals surface area contributed by atoms with Crippen LogP contribution in [0.2, 0.25) is 0 Å². The van der Waals surface area contributed by atoms with E-state index in [2.05, 4.69) is 5.32 Å². The first-order valence-electron chi connectivity index (χ1n) is 9.14. The average molecular weight is 376 g/mol. The van der Waals surface area contributed by atoms with Gasteiger partial charge in [-0.05, 0) is 41.5 Å². The molecule has 2 N–H and O–H groups in total. The third kappa shape index (κ3) is 3.75. The zero-order chi connectivity index (χ0) is 19.5. The highest BCUT2D eigenvalue weighted by Gasteiger charge is 2.27. The number of halogens is 1. The Morgan fingerprint density at radius 3 is 2.39 bits per heavy atom. The number of aromatic hydroxyl groups is 1. The monoisotopic (exact) mass is 376 g/mol. The van der Waals surface area contributed by atoms with Crippen LogP contribution in [0.4, 0.5) is 4.39 Å². The fourth-order valence-corrected chi connectivity index (χ4v) is 3.46. The van der Waals surface area contributed by atoms with Crippen molar-refractivity contribution < 1.29 is 14.2 Å². The second kappa shape index (κ2) is 7.82. The maximum atomic E-state index is 13.4. The standard InChI is InChI=1S/C23H21FN2O2/c1-28-18-12-8-16(9-13-18)23-25-20(15-6-10-17(24)11-7-15)14-21(26-23)19-4-2-3-5-22(19)27/h2-13,21,23,26-27H,14H2,1H3/t21-,23-/m1/s1. The zero-order valence-corrected chi connectivity index (χ0v) is 15.5. The summed E-state index contributed by atoms with van der Waals surface area (Å²) in [7, 11) is 1.63. The summed E-state index contributed by atoms with van der Waals surface area (Å²) in [6, 6.07) is 21.3. The second-order valence-electron chi connectivity index (χ2n) is 6.74. The molecule has 0 aromatic heterocycles. The molecular weight excluding hydrogens is 355 g/mol. The van der Waals surface area contributed by atoms with Crippen LogP contribution in [0.15, 0.2) is 77.8 Å². The molecule has 0 saturated heterocycles. The van der Waals surface area contributed by atoms with E-state index in [1.807, 2.05) is 36.4 Å². The molecule has 5 heteroatoms. The quantitative estimate of drug-likeness (QED) is 0.690. The Hall–Kier alpha value is -3.18. The molecule has 1 aliphatic rings. The van der Waals surface area contributed by atoms with Crippen molar-refractivity contribution in [2.24, 2.45) is 4.99 Å². The van der Waals surface area contributed by atoms with Gasteiger partial charge in [0.1, 0.15) is 23.5 Å². The van der Waals surface area contributed by atoms with Crippen LogP contribution < -0.4 is 10.1 Å². The summed E-state index contributed by atoms with van der Waals surface area (Å²) in [4.78, 5) is 4.87. The van der Waals surface area contributed by atoms with Crippen molar-refractivity contribution in [2.75, 3.05) is 7.11 Å². The number of benzene rings is 3. The van der Waals surface area contributed by atoms with E-state index < -0.39 is 0 Å². The van der Waals surface area contributed by atoms with Crippen LogP contribution in [0, 0.1) is 5.82 Å². The Morgan fingerprint density at radius 2 is 1.71 bits per heavy atom. The molecule has 1 aliphatic heterocycles. The van der Waals surface area contributed by atoms with Crippen LogP contribution in [0.3, 0.4) is 0 Å². The van der Waals surface area contributed by atoms with E-state index in [1.54, 1.807) is 31.4 Å². The molecule has 0 aliphatic carbocycles. The van der Waals surface area contributed by atoms with Gasteiger partial charge < -0.3 is 9.84 Å². The van der Waals surface area contributed by atoms with E-state index in [-0.39, 0.29) is 23.8 Å². The normalized spacial score (nSPS) is 19.1. The molecule has 28 heavy (non-hydrogen) atoms. The van der Waals surface area contributed by atoms with Crippen LogP contribution in [-0.2, 0) is 0 Å². The van der Waals surface area contributed by atoms with E-state index in [1.165, 1.54) is 12.1 Å². The van der Waals surface area contributed by atoms with Gasteiger partial charge in [0, 0.05) is 23.7 Å². The van der Waals surface area contributed by atoms with Gasteiger partial charge in [-0.1, -0.05) is 42.5 Å². The molecule has 2 atom stereocenters. The number of hydrogen-bond donors (Lipinski definition) is 2. The number of rotatable bonds is 4. The van der Waals surface area contributed by atoms with E-state index in [0.717, 1.165) is 28.2 Å². The lowest BCUT2D eigenvalue weighted by molar-refractivity contribution is 0.408. The van der Waals surface area contributed by atoms with Crippen LogP contribution >= 0.6 is 0 Å². The van der Waals surface area contributed by atoms with Crippen molar-refractivity contribution in [1.29, 1.82) is 0 Å². The van der Waals surface area contributed by atoms with Crippen molar-refractivity contribution in [1.82, 2.24) is 5.32 Å². The molecule has 0 spiro atoms. The Balaban J connectivity index is 1.73. The van der Waals surface area contributed by atoms with Gasteiger partial charge in [-0.3, -0.25) is 10.3 Å². The van der Waals surface area contributed by atoms with Crippen molar-refractivity contribution in [3.05, 3.63) is 95.3 Å². The van der Waals surface area contributed by atoms with Gasteiger partial charge in [-0.15, -0.1) is 0 Å². The minimum Gasteiger partial charge on any atom is -0.508 e. The Kier molecular flexibility index (Phi) is 5.08. The largest absolute Gasteiger partial charge is 0.508 e. The summed E-state index contributed by atoms with van der Waals surface area (Å²) < 4.78 is 18.6. The Bertz CT molecular complexity index is 984. The molecule has 4 rings (SSSR count). The van der Waals surface area contributed by atoms with Gasteiger partial charge in [0.15, 0.2) is 0 Å². The lowest BCUT2D eigenvalue weighted by Gasteiger charge is -2.31. The number of nitrogens with zero attached hydrogens (tertiary/aromatic N) is 1. The van der Waals surface area contributed by atoms with Crippen LogP contribution in [0.5, 0.6) is 11.5 Å². The molecule has 1 heterocycles. The molecule has 4 nitrogen and oxygen atoms in total. The molecule has 3 aromatic carbocycles. The highest BCUT2D eigenvalue weighted by molar-refractivity contribution is 6.01. The molecule has 142 valence electrons. The summed E-state index contributed by atoms with van der Waals surface area (Å²) in [5, 5.41) is 13.8. The van der Waals surface area contributed by atoms with Gasteiger partial charge in [-0.2, -0.15) is 0 Å². The number of phenols is 1. The van der Waals surface area contributed by atoms with Crippen molar-refractivity contribution >= 4 is 5.71 Å². The number of phenolic OH excluding ortho intramolecular Hbond substituents is 1. The zero-order valence-electron chi connectivity index (χ0n) is 15.5.